The van der Waals surface area contributed by atoms with Crippen molar-refractivity contribution in [3.8, 4) is 0 Å². The summed E-state index contributed by atoms with van der Waals surface area (Å²) >= 11 is 8.02. The van der Waals surface area contributed by atoms with Gasteiger partial charge < -0.3 is 9.88 Å². The van der Waals surface area contributed by atoms with Crippen LogP contribution in [0.1, 0.15) is 22.3 Å². The smallest absolute Gasteiger partial charge is 0.244 e. The molecule has 28 heavy (non-hydrogen) atoms. The molecule has 2 heterocycles. The first-order valence-corrected chi connectivity index (χ1v) is 10.0. The predicted octanol–water partition coefficient (Wildman–Crippen LogP) is 5.21. The Kier molecular flexibility index (Phi) is 5.28. The van der Waals surface area contributed by atoms with Crippen molar-refractivity contribution < 1.29 is 4.79 Å². The van der Waals surface area contributed by atoms with Crippen molar-refractivity contribution >= 4 is 45.0 Å². The molecule has 4 nitrogen and oxygen atoms in total. The first-order valence-electron chi connectivity index (χ1n) is 8.81. The number of imidazole rings is 1. The number of nitrogens with zero attached hydrogens (tertiary/aromatic N) is 2. The average Bonchev–Trinajstić information content (AvgIpc) is 3.28. The first-order chi connectivity index (χ1) is 13.6. The number of amides is 1. The maximum absolute atomic E-state index is 12.7. The monoisotopic (exact) mass is 407 g/mol. The third-order valence-corrected chi connectivity index (χ3v) is 6.14. The molecule has 6 heteroatoms. The molecule has 0 radical (unpaired) electrons. The lowest BCUT2D eigenvalue weighted by Gasteiger charge is -2.18. The molecule has 2 aromatic carbocycles. The second-order valence-electron chi connectivity index (χ2n) is 6.36. The summed E-state index contributed by atoms with van der Waals surface area (Å²) in [6, 6.07) is 17.4. The molecule has 1 atom stereocenters. The van der Waals surface area contributed by atoms with Crippen LogP contribution in [0.25, 0.3) is 16.2 Å². The Bertz CT molecular complexity index is 1150. The fourth-order valence-corrected chi connectivity index (χ4v) is 4.48. The molecule has 0 aliphatic carbocycles. The van der Waals surface area contributed by atoms with Gasteiger partial charge in [-0.05, 0) is 17.7 Å². The molecule has 0 saturated heterocycles. The lowest BCUT2D eigenvalue weighted by atomic mass is 10.1. The van der Waals surface area contributed by atoms with Crippen molar-refractivity contribution in [3.63, 3.8) is 0 Å². The minimum Gasteiger partial charge on any atom is -0.339 e. The van der Waals surface area contributed by atoms with E-state index in [2.05, 4.69) is 10.3 Å². The predicted molar refractivity (Wildman–Crippen MR) is 116 cm³/mol. The average molecular weight is 408 g/mol. The van der Waals surface area contributed by atoms with Gasteiger partial charge in [0.15, 0.2) is 0 Å². The molecule has 0 fully saturated rings. The van der Waals surface area contributed by atoms with Crippen molar-refractivity contribution in [2.45, 2.75) is 6.04 Å². The van der Waals surface area contributed by atoms with Crippen LogP contribution in [0.2, 0.25) is 5.02 Å². The summed E-state index contributed by atoms with van der Waals surface area (Å²) in [6.07, 6.45) is 6.88. The van der Waals surface area contributed by atoms with E-state index < -0.39 is 0 Å². The van der Waals surface area contributed by atoms with E-state index in [0.717, 1.165) is 26.4 Å². The van der Waals surface area contributed by atoms with Gasteiger partial charge in [-0.25, -0.2) is 4.98 Å². The van der Waals surface area contributed by atoms with Crippen LogP contribution in [0, 0.1) is 0 Å². The third kappa shape index (κ3) is 3.72. The molecular weight excluding hydrogens is 390 g/mol. The molecule has 1 unspecified atom stereocenters. The summed E-state index contributed by atoms with van der Waals surface area (Å²) in [5, 5.41) is 4.73. The molecule has 0 bridgehead atoms. The van der Waals surface area contributed by atoms with E-state index in [1.165, 1.54) is 6.08 Å². The Hall–Kier alpha value is -2.89. The number of hydrogen-bond donors (Lipinski definition) is 1. The van der Waals surface area contributed by atoms with Crippen LogP contribution in [0.5, 0.6) is 0 Å². The molecule has 1 N–H and O–H groups in total. The second kappa shape index (κ2) is 8.00. The Balaban J connectivity index is 1.58. The second-order valence-corrected chi connectivity index (χ2v) is 7.82. The number of carbonyl (C=O) groups excluding carboxylic acids is 1. The summed E-state index contributed by atoms with van der Waals surface area (Å²) in [7, 11) is 1.91. The molecule has 0 spiro atoms. The number of thiophene rings is 1. The van der Waals surface area contributed by atoms with Gasteiger partial charge in [-0.3, -0.25) is 4.79 Å². The quantitative estimate of drug-likeness (QED) is 0.462. The molecule has 0 aliphatic heterocycles. The molecular formula is C22H18ClN3OS. The SMILES string of the molecule is Cn1ccnc1C(NC(=O)/C=C/c1sc2ccccc2c1Cl)c1ccccc1. The molecule has 2 aromatic heterocycles. The van der Waals surface area contributed by atoms with Gasteiger partial charge in [-0.15, -0.1) is 11.3 Å². The number of aryl methyl sites for hydroxylation is 1. The zero-order valence-corrected chi connectivity index (χ0v) is 16.7. The van der Waals surface area contributed by atoms with Crippen molar-refractivity contribution in [1.29, 1.82) is 0 Å². The number of rotatable bonds is 5. The van der Waals surface area contributed by atoms with E-state index in [0.29, 0.717) is 5.02 Å². The number of nitrogens with one attached hydrogen (secondary N) is 1. The summed E-state index contributed by atoms with van der Waals surface area (Å²) < 4.78 is 3.01. The van der Waals surface area contributed by atoms with Gasteiger partial charge in [-0.2, -0.15) is 0 Å². The Morgan fingerprint density at radius 1 is 1.18 bits per heavy atom. The summed E-state index contributed by atoms with van der Waals surface area (Å²) in [5.74, 6) is 0.568. The highest BCUT2D eigenvalue weighted by Gasteiger charge is 2.19. The highest BCUT2D eigenvalue weighted by atomic mass is 35.5. The Labute approximate surface area is 172 Å². The van der Waals surface area contributed by atoms with Gasteiger partial charge in [0.2, 0.25) is 5.91 Å². The van der Waals surface area contributed by atoms with Crippen LogP contribution in [-0.2, 0) is 11.8 Å². The summed E-state index contributed by atoms with van der Waals surface area (Å²) in [4.78, 5) is 17.9. The van der Waals surface area contributed by atoms with Gasteiger partial charge in [0.25, 0.3) is 0 Å². The van der Waals surface area contributed by atoms with Crippen LogP contribution in [0.3, 0.4) is 0 Å². The summed E-state index contributed by atoms with van der Waals surface area (Å²) in [5.41, 5.74) is 0.971. The van der Waals surface area contributed by atoms with Gasteiger partial charge in [0, 0.05) is 40.5 Å². The molecule has 0 saturated carbocycles. The third-order valence-electron chi connectivity index (χ3n) is 4.48. The zero-order chi connectivity index (χ0) is 19.5. The number of hydrogen-bond acceptors (Lipinski definition) is 3. The minimum atomic E-state index is -0.337. The van der Waals surface area contributed by atoms with Gasteiger partial charge >= 0.3 is 0 Å². The standard InChI is InChI=1S/C22H18ClN3OS/c1-26-14-13-24-22(26)21(15-7-3-2-4-8-15)25-19(27)12-11-18-20(23)16-9-5-6-10-17(16)28-18/h2-14,21H,1H3,(H,25,27)/b12-11+. The molecule has 140 valence electrons. The van der Waals surface area contributed by atoms with E-state index in [1.807, 2.05) is 72.4 Å². The molecule has 0 aliphatic rings. The first kappa shape index (κ1) is 18.5. The summed E-state index contributed by atoms with van der Waals surface area (Å²) in [6.45, 7) is 0. The van der Waals surface area contributed by atoms with Crippen LogP contribution in [0.15, 0.2) is 73.1 Å². The van der Waals surface area contributed by atoms with Gasteiger partial charge in [0.1, 0.15) is 11.9 Å². The fraction of sp³-hybridized carbons (Fsp3) is 0.0909. The van der Waals surface area contributed by atoms with E-state index >= 15 is 0 Å². The zero-order valence-electron chi connectivity index (χ0n) is 15.2. The molecule has 4 aromatic rings. The van der Waals surface area contributed by atoms with E-state index in [4.69, 9.17) is 11.6 Å². The van der Waals surface area contributed by atoms with Crippen molar-refractivity contribution in [1.82, 2.24) is 14.9 Å². The Morgan fingerprint density at radius 3 is 2.64 bits per heavy atom. The topological polar surface area (TPSA) is 46.9 Å². The minimum absolute atomic E-state index is 0.203. The van der Waals surface area contributed by atoms with E-state index in [1.54, 1.807) is 23.6 Å². The van der Waals surface area contributed by atoms with Gasteiger partial charge in [-0.1, -0.05) is 60.1 Å². The number of carbonyl (C=O) groups is 1. The normalized spacial score (nSPS) is 12.5. The number of halogens is 1. The van der Waals surface area contributed by atoms with Crippen molar-refractivity contribution in [3.05, 3.63) is 94.4 Å². The van der Waals surface area contributed by atoms with E-state index in [9.17, 15) is 4.79 Å². The maximum Gasteiger partial charge on any atom is 0.244 e. The number of aromatic nitrogens is 2. The number of benzene rings is 2. The van der Waals surface area contributed by atoms with Crippen LogP contribution in [0.4, 0.5) is 0 Å². The maximum atomic E-state index is 12.7. The number of fused-ring (bicyclic) bond motifs is 1. The van der Waals surface area contributed by atoms with Crippen LogP contribution < -0.4 is 5.32 Å². The Morgan fingerprint density at radius 2 is 1.93 bits per heavy atom. The highest BCUT2D eigenvalue weighted by molar-refractivity contribution is 7.20. The fourth-order valence-electron chi connectivity index (χ4n) is 3.08. The largest absolute Gasteiger partial charge is 0.339 e. The molecule has 1 amide bonds. The van der Waals surface area contributed by atoms with Crippen molar-refractivity contribution in [2.24, 2.45) is 7.05 Å². The van der Waals surface area contributed by atoms with Gasteiger partial charge in [0.05, 0.1) is 5.02 Å². The lowest BCUT2D eigenvalue weighted by molar-refractivity contribution is -0.117. The lowest BCUT2D eigenvalue weighted by Crippen LogP contribution is -2.29. The van der Waals surface area contributed by atoms with Crippen LogP contribution in [-0.4, -0.2) is 15.5 Å². The highest BCUT2D eigenvalue weighted by Crippen LogP contribution is 2.35. The van der Waals surface area contributed by atoms with Crippen molar-refractivity contribution in [2.75, 3.05) is 0 Å². The van der Waals surface area contributed by atoms with Crippen LogP contribution >= 0.6 is 22.9 Å². The van der Waals surface area contributed by atoms with E-state index in [-0.39, 0.29) is 11.9 Å². The molecule has 4 rings (SSSR count).